The number of hydrogen-bond acceptors (Lipinski definition) is 5. The lowest BCUT2D eigenvalue weighted by atomic mass is 10.2. The lowest BCUT2D eigenvalue weighted by Crippen LogP contribution is -2.44. The van der Waals surface area contributed by atoms with Crippen molar-refractivity contribution in [3.05, 3.63) is 53.3 Å². The van der Waals surface area contributed by atoms with Crippen LogP contribution in [0.4, 0.5) is 5.69 Å². The molecule has 4 rings (SSSR count). The van der Waals surface area contributed by atoms with E-state index in [1.807, 2.05) is 30.3 Å². The number of anilines is 1. The minimum absolute atomic E-state index is 0.111. The number of carbonyl (C=O) groups excluding carboxylic acids is 1. The maximum absolute atomic E-state index is 12.3. The minimum Gasteiger partial charge on any atom is -0.482 e. The molecular formula is C23H28ClN5O2. The van der Waals surface area contributed by atoms with Crippen molar-refractivity contribution in [2.45, 2.75) is 20.0 Å². The molecule has 1 aliphatic heterocycles. The Hall–Kier alpha value is -2.61. The Balaban J connectivity index is 1.43. The van der Waals surface area contributed by atoms with Crippen LogP contribution in [0.15, 0.2) is 42.5 Å². The van der Waals surface area contributed by atoms with Gasteiger partial charge in [0.1, 0.15) is 11.6 Å². The fourth-order valence-electron chi connectivity index (χ4n) is 3.84. The van der Waals surface area contributed by atoms with E-state index in [9.17, 15) is 4.79 Å². The second-order valence-electron chi connectivity index (χ2n) is 7.82. The van der Waals surface area contributed by atoms with Crippen LogP contribution in [0.3, 0.4) is 0 Å². The molecule has 164 valence electrons. The summed E-state index contributed by atoms with van der Waals surface area (Å²) in [6.45, 7) is 7.99. The molecule has 2 aromatic carbocycles. The first-order chi connectivity index (χ1) is 15.0. The molecule has 7 nitrogen and oxygen atoms in total. The predicted octanol–water partition coefficient (Wildman–Crippen LogP) is 3.47. The first-order valence-corrected chi connectivity index (χ1v) is 11.0. The van der Waals surface area contributed by atoms with Crippen molar-refractivity contribution < 1.29 is 9.53 Å². The number of nitrogens with zero attached hydrogens (tertiary/aromatic N) is 4. The highest BCUT2D eigenvalue weighted by molar-refractivity contribution is 6.32. The molecule has 0 radical (unpaired) electrons. The van der Waals surface area contributed by atoms with Crippen LogP contribution < -0.4 is 10.1 Å². The largest absolute Gasteiger partial charge is 0.482 e. The molecule has 1 aromatic heterocycles. The normalized spacial score (nSPS) is 15.3. The summed E-state index contributed by atoms with van der Waals surface area (Å²) >= 11 is 6.07. The average molecular weight is 442 g/mol. The summed E-state index contributed by atoms with van der Waals surface area (Å²) in [5.74, 6) is 1.31. The molecule has 1 N–H and O–H groups in total. The zero-order chi connectivity index (χ0) is 21.8. The number of piperazine rings is 1. The monoisotopic (exact) mass is 441 g/mol. The summed E-state index contributed by atoms with van der Waals surface area (Å²) in [5.41, 5.74) is 2.67. The topological polar surface area (TPSA) is 62.6 Å². The van der Waals surface area contributed by atoms with Crippen molar-refractivity contribution in [3.63, 3.8) is 0 Å². The van der Waals surface area contributed by atoms with Gasteiger partial charge in [-0.15, -0.1) is 0 Å². The third-order valence-corrected chi connectivity index (χ3v) is 5.90. The summed E-state index contributed by atoms with van der Waals surface area (Å²) in [5, 5.41) is 3.37. The number of amides is 1. The molecule has 0 unspecified atom stereocenters. The highest BCUT2D eigenvalue weighted by Gasteiger charge is 2.18. The van der Waals surface area contributed by atoms with Gasteiger partial charge in [-0.25, -0.2) is 4.98 Å². The number of carbonyl (C=O) groups is 1. The third-order valence-electron chi connectivity index (χ3n) is 5.58. The Morgan fingerprint density at radius 2 is 1.94 bits per heavy atom. The van der Waals surface area contributed by atoms with Crippen LogP contribution in [0.25, 0.3) is 11.0 Å². The number of halogens is 1. The number of rotatable bonds is 7. The van der Waals surface area contributed by atoms with E-state index in [-0.39, 0.29) is 12.5 Å². The maximum Gasteiger partial charge on any atom is 0.262 e. The first kappa shape index (κ1) is 21.6. The number of benzene rings is 2. The van der Waals surface area contributed by atoms with E-state index in [4.69, 9.17) is 21.3 Å². The molecule has 0 spiro atoms. The highest BCUT2D eigenvalue weighted by Crippen LogP contribution is 2.24. The molecule has 8 heteroatoms. The minimum atomic E-state index is -0.244. The van der Waals surface area contributed by atoms with Gasteiger partial charge in [0.05, 0.1) is 22.6 Å². The second kappa shape index (κ2) is 9.68. The van der Waals surface area contributed by atoms with Crippen LogP contribution >= 0.6 is 11.6 Å². The van der Waals surface area contributed by atoms with Crippen molar-refractivity contribution in [1.82, 2.24) is 19.4 Å². The molecule has 1 fully saturated rings. The summed E-state index contributed by atoms with van der Waals surface area (Å²) in [6, 6.07) is 12.9. The number of likely N-dealkylation sites (N-methyl/N-ethyl adjacent to an activating group) is 1. The molecule has 0 bridgehead atoms. The smallest absolute Gasteiger partial charge is 0.262 e. The van der Waals surface area contributed by atoms with Crippen molar-refractivity contribution in [2.75, 3.05) is 45.2 Å². The zero-order valence-corrected chi connectivity index (χ0v) is 18.7. The molecule has 0 atom stereocenters. The molecule has 31 heavy (non-hydrogen) atoms. The molecule has 1 amide bonds. The highest BCUT2D eigenvalue weighted by atomic mass is 35.5. The van der Waals surface area contributed by atoms with E-state index in [2.05, 4.69) is 33.7 Å². The van der Waals surface area contributed by atoms with Crippen LogP contribution in [-0.4, -0.2) is 65.1 Å². The number of ether oxygens (including phenoxy) is 1. The average Bonchev–Trinajstić information content (AvgIpc) is 3.11. The SMILES string of the molecule is CCn1c(CN2CCN(C)CC2)nc2cc(NC(=O)COc3ccccc3Cl)ccc21. The van der Waals surface area contributed by atoms with Gasteiger partial charge in [-0.1, -0.05) is 23.7 Å². The number of nitrogens with one attached hydrogen (secondary N) is 1. The Bertz CT molecular complexity index is 1060. The van der Waals surface area contributed by atoms with Crippen LogP contribution in [-0.2, 0) is 17.9 Å². The quantitative estimate of drug-likeness (QED) is 0.608. The second-order valence-corrected chi connectivity index (χ2v) is 8.23. The number of aryl methyl sites for hydroxylation is 1. The first-order valence-electron chi connectivity index (χ1n) is 10.6. The third kappa shape index (κ3) is 5.18. The van der Waals surface area contributed by atoms with E-state index >= 15 is 0 Å². The molecule has 0 aliphatic carbocycles. The Morgan fingerprint density at radius 3 is 2.68 bits per heavy atom. The summed E-state index contributed by atoms with van der Waals surface area (Å²) in [4.78, 5) is 22.0. The fourth-order valence-corrected chi connectivity index (χ4v) is 4.03. The van der Waals surface area contributed by atoms with Gasteiger partial charge in [-0.2, -0.15) is 0 Å². The lowest BCUT2D eigenvalue weighted by Gasteiger charge is -2.32. The summed E-state index contributed by atoms with van der Waals surface area (Å²) in [7, 11) is 2.16. The van der Waals surface area contributed by atoms with Crippen LogP contribution in [0.5, 0.6) is 5.75 Å². The summed E-state index contributed by atoms with van der Waals surface area (Å²) in [6.07, 6.45) is 0. The van der Waals surface area contributed by atoms with Crippen molar-refractivity contribution in [1.29, 1.82) is 0 Å². The van der Waals surface area contributed by atoms with Crippen LogP contribution in [0.1, 0.15) is 12.7 Å². The van der Waals surface area contributed by atoms with Gasteiger partial charge in [0, 0.05) is 38.4 Å². The zero-order valence-electron chi connectivity index (χ0n) is 18.0. The molecular weight excluding hydrogens is 414 g/mol. The molecule has 0 saturated carbocycles. The number of fused-ring (bicyclic) bond motifs is 1. The Morgan fingerprint density at radius 1 is 1.16 bits per heavy atom. The molecule has 2 heterocycles. The molecule has 1 saturated heterocycles. The number of aromatic nitrogens is 2. The van der Waals surface area contributed by atoms with Crippen molar-refractivity contribution in [3.8, 4) is 5.75 Å². The lowest BCUT2D eigenvalue weighted by molar-refractivity contribution is -0.118. The van der Waals surface area contributed by atoms with Crippen molar-refractivity contribution in [2.24, 2.45) is 0 Å². The van der Waals surface area contributed by atoms with Gasteiger partial charge < -0.3 is 19.5 Å². The number of para-hydroxylation sites is 1. The van der Waals surface area contributed by atoms with E-state index < -0.39 is 0 Å². The Kier molecular flexibility index (Phi) is 6.75. The van der Waals surface area contributed by atoms with E-state index in [0.29, 0.717) is 16.5 Å². The van der Waals surface area contributed by atoms with Crippen molar-refractivity contribution >= 4 is 34.2 Å². The standard InChI is InChI=1S/C23H28ClN5O2/c1-3-29-20-9-8-17(25-23(30)16-31-21-7-5-4-6-18(21)24)14-19(20)26-22(29)15-28-12-10-27(2)11-13-28/h4-9,14H,3,10-13,15-16H2,1-2H3,(H,25,30). The van der Waals surface area contributed by atoms with Gasteiger partial charge in [0.25, 0.3) is 5.91 Å². The van der Waals surface area contributed by atoms with E-state index in [1.54, 1.807) is 12.1 Å². The van der Waals surface area contributed by atoms with E-state index in [0.717, 1.165) is 56.1 Å². The molecule has 1 aliphatic rings. The van der Waals surface area contributed by atoms with E-state index in [1.165, 1.54) is 0 Å². The molecule has 3 aromatic rings. The number of imidazole rings is 1. The summed E-state index contributed by atoms with van der Waals surface area (Å²) < 4.78 is 7.77. The Labute approximate surface area is 187 Å². The maximum atomic E-state index is 12.3. The van der Waals surface area contributed by atoms with Gasteiger partial charge in [-0.05, 0) is 44.3 Å². The van der Waals surface area contributed by atoms with Gasteiger partial charge in [0.2, 0.25) is 0 Å². The van der Waals surface area contributed by atoms with Crippen LogP contribution in [0, 0.1) is 0 Å². The fraction of sp³-hybridized carbons (Fsp3) is 0.391. The van der Waals surface area contributed by atoms with Gasteiger partial charge in [0.15, 0.2) is 6.61 Å². The predicted molar refractivity (Wildman–Crippen MR) is 124 cm³/mol. The van der Waals surface area contributed by atoms with Gasteiger partial charge >= 0.3 is 0 Å². The number of hydrogen-bond donors (Lipinski definition) is 1. The van der Waals surface area contributed by atoms with Crippen LogP contribution in [0.2, 0.25) is 5.02 Å². The van der Waals surface area contributed by atoms with Gasteiger partial charge in [-0.3, -0.25) is 9.69 Å².